The SMILES string of the molecule is CNC1(C(=O)NC(Cc2ccc(B3OC(C)(C)C(C)(C)O3)cc2)C(N)=O)CCOCC1. The maximum absolute atomic E-state index is 12.9. The van der Waals surface area contributed by atoms with Crippen LogP contribution in [0.15, 0.2) is 24.3 Å². The summed E-state index contributed by atoms with van der Waals surface area (Å²) < 4.78 is 17.5. The van der Waals surface area contributed by atoms with Gasteiger partial charge in [-0.15, -0.1) is 0 Å². The first-order valence-corrected chi connectivity index (χ1v) is 10.8. The van der Waals surface area contributed by atoms with Crippen molar-refractivity contribution in [1.29, 1.82) is 0 Å². The number of nitrogens with two attached hydrogens (primary N) is 1. The molecular formula is C22H34BN3O5. The lowest BCUT2D eigenvalue weighted by molar-refractivity contribution is -0.134. The molecule has 2 saturated heterocycles. The molecule has 170 valence electrons. The van der Waals surface area contributed by atoms with Crippen molar-refractivity contribution >= 4 is 24.4 Å². The van der Waals surface area contributed by atoms with Crippen molar-refractivity contribution in [3.8, 4) is 0 Å². The fourth-order valence-corrected chi connectivity index (χ4v) is 3.86. The van der Waals surface area contributed by atoms with Crippen LogP contribution in [0.5, 0.6) is 0 Å². The van der Waals surface area contributed by atoms with E-state index in [1.54, 1.807) is 7.05 Å². The van der Waals surface area contributed by atoms with Crippen molar-refractivity contribution in [3.63, 3.8) is 0 Å². The zero-order valence-electron chi connectivity index (χ0n) is 19.1. The highest BCUT2D eigenvalue weighted by Gasteiger charge is 2.51. The summed E-state index contributed by atoms with van der Waals surface area (Å²) >= 11 is 0. The molecular weight excluding hydrogens is 397 g/mol. The molecule has 9 heteroatoms. The highest BCUT2D eigenvalue weighted by molar-refractivity contribution is 6.62. The minimum atomic E-state index is -0.803. The van der Waals surface area contributed by atoms with Gasteiger partial charge in [-0.2, -0.15) is 0 Å². The van der Waals surface area contributed by atoms with Crippen LogP contribution in [0.3, 0.4) is 0 Å². The lowest BCUT2D eigenvalue weighted by atomic mass is 9.78. The summed E-state index contributed by atoms with van der Waals surface area (Å²) in [5.41, 5.74) is 5.82. The lowest BCUT2D eigenvalue weighted by Gasteiger charge is -2.36. The predicted molar refractivity (Wildman–Crippen MR) is 119 cm³/mol. The Labute approximate surface area is 184 Å². The predicted octanol–water partition coefficient (Wildman–Crippen LogP) is 0.267. The third kappa shape index (κ3) is 4.95. The molecule has 2 fully saturated rings. The number of primary amides is 1. The van der Waals surface area contributed by atoms with E-state index < -0.39 is 35.8 Å². The fourth-order valence-electron chi connectivity index (χ4n) is 3.86. The van der Waals surface area contributed by atoms with Gasteiger partial charge in [0.05, 0.1) is 11.2 Å². The van der Waals surface area contributed by atoms with E-state index in [4.69, 9.17) is 19.8 Å². The van der Waals surface area contributed by atoms with Crippen LogP contribution >= 0.6 is 0 Å². The molecule has 31 heavy (non-hydrogen) atoms. The summed E-state index contributed by atoms with van der Waals surface area (Å²) in [5, 5.41) is 5.94. The average molecular weight is 431 g/mol. The summed E-state index contributed by atoms with van der Waals surface area (Å²) in [4.78, 5) is 25.0. The molecule has 0 saturated carbocycles. The number of benzene rings is 1. The topological polar surface area (TPSA) is 112 Å². The Morgan fingerprint density at radius 2 is 1.61 bits per heavy atom. The van der Waals surface area contributed by atoms with Crippen molar-refractivity contribution in [1.82, 2.24) is 10.6 Å². The molecule has 2 aliphatic heterocycles. The molecule has 1 aromatic rings. The van der Waals surface area contributed by atoms with E-state index in [0.29, 0.717) is 32.5 Å². The molecule has 4 N–H and O–H groups in total. The van der Waals surface area contributed by atoms with Gasteiger partial charge in [-0.05, 0) is 58.6 Å². The van der Waals surface area contributed by atoms with Gasteiger partial charge in [-0.25, -0.2) is 0 Å². The van der Waals surface area contributed by atoms with E-state index in [0.717, 1.165) is 11.0 Å². The van der Waals surface area contributed by atoms with Crippen molar-refractivity contribution in [2.24, 2.45) is 5.73 Å². The molecule has 8 nitrogen and oxygen atoms in total. The Bertz CT molecular complexity index is 790. The quantitative estimate of drug-likeness (QED) is 0.535. The summed E-state index contributed by atoms with van der Waals surface area (Å²) in [6.45, 7) is 9.04. The molecule has 0 spiro atoms. The van der Waals surface area contributed by atoms with Crippen LogP contribution in [0.25, 0.3) is 0 Å². The number of likely N-dealkylation sites (N-methyl/N-ethyl adjacent to an activating group) is 1. The monoisotopic (exact) mass is 431 g/mol. The van der Waals surface area contributed by atoms with E-state index >= 15 is 0 Å². The number of amides is 2. The number of hydrogen-bond acceptors (Lipinski definition) is 6. The van der Waals surface area contributed by atoms with Gasteiger partial charge in [0.2, 0.25) is 11.8 Å². The third-order valence-electron chi connectivity index (χ3n) is 6.85. The first kappa shape index (κ1) is 23.7. The summed E-state index contributed by atoms with van der Waals surface area (Å²) in [5.74, 6) is -0.794. The largest absolute Gasteiger partial charge is 0.494 e. The maximum Gasteiger partial charge on any atom is 0.494 e. The first-order chi connectivity index (χ1) is 14.5. The van der Waals surface area contributed by atoms with Crippen LogP contribution in [0.2, 0.25) is 0 Å². The van der Waals surface area contributed by atoms with Crippen LogP contribution < -0.4 is 21.8 Å². The highest BCUT2D eigenvalue weighted by Crippen LogP contribution is 2.36. The van der Waals surface area contributed by atoms with Crippen molar-refractivity contribution in [3.05, 3.63) is 29.8 Å². The fraction of sp³-hybridized carbons (Fsp3) is 0.636. The molecule has 2 amide bonds. The maximum atomic E-state index is 12.9. The normalized spacial score (nSPS) is 22.7. The Balaban J connectivity index is 1.67. The second-order valence-corrected chi connectivity index (χ2v) is 9.41. The minimum absolute atomic E-state index is 0.226. The lowest BCUT2D eigenvalue weighted by Crippen LogP contribution is -2.61. The smallest absolute Gasteiger partial charge is 0.399 e. The van der Waals surface area contributed by atoms with Gasteiger partial charge in [0.15, 0.2) is 0 Å². The highest BCUT2D eigenvalue weighted by atomic mass is 16.7. The molecule has 0 aliphatic carbocycles. The van der Waals surface area contributed by atoms with Crippen LogP contribution in [-0.4, -0.2) is 62.0 Å². The van der Waals surface area contributed by atoms with Gasteiger partial charge in [0.1, 0.15) is 11.6 Å². The van der Waals surface area contributed by atoms with Gasteiger partial charge in [-0.3, -0.25) is 9.59 Å². The standard InChI is InChI=1S/C22H34BN3O5/c1-20(2)21(3,4)31-23(30-20)16-8-6-15(7-9-16)14-17(18(24)27)26-19(28)22(25-5)10-12-29-13-11-22/h6-9,17,25H,10-14H2,1-5H3,(H2,24,27)(H,26,28). The Morgan fingerprint density at radius 3 is 2.10 bits per heavy atom. The van der Waals surface area contributed by atoms with Gasteiger partial charge < -0.3 is 30.4 Å². The number of carbonyl (C=O) groups excluding carboxylic acids is 2. The third-order valence-corrected chi connectivity index (χ3v) is 6.85. The summed E-state index contributed by atoms with van der Waals surface area (Å²) in [7, 11) is 1.30. The van der Waals surface area contributed by atoms with Crippen LogP contribution in [0, 0.1) is 0 Å². The van der Waals surface area contributed by atoms with Gasteiger partial charge in [-0.1, -0.05) is 24.3 Å². The second-order valence-electron chi connectivity index (χ2n) is 9.41. The number of rotatable bonds is 7. The summed E-state index contributed by atoms with van der Waals surface area (Å²) in [6, 6.07) is 6.86. The zero-order valence-corrected chi connectivity index (χ0v) is 19.1. The summed E-state index contributed by atoms with van der Waals surface area (Å²) in [6.07, 6.45) is 1.40. The molecule has 1 unspecified atom stereocenters. The Kier molecular flexibility index (Phi) is 6.81. The van der Waals surface area contributed by atoms with E-state index in [1.807, 2.05) is 52.0 Å². The second kappa shape index (κ2) is 8.90. The van der Waals surface area contributed by atoms with Crippen molar-refractivity contribution in [2.75, 3.05) is 20.3 Å². The van der Waals surface area contributed by atoms with Gasteiger partial charge >= 0.3 is 7.12 Å². The molecule has 1 aromatic carbocycles. The number of ether oxygens (including phenoxy) is 1. The molecule has 3 rings (SSSR count). The van der Waals surface area contributed by atoms with Gasteiger partial charge in [0.25, 0.3) is 0 Å². The number of hydrogen-bond donors (Lipinski definition) is 3. The first-order valence-electron chi connectivity index (χ1n) is 10.8. The zero-order chi connectivity index (χ0) is 22.9. The van der Waals surface area contributed by atoms with E-state index in [2.05, 4.69) is 10.6 Å². The van der Waals surface area contributed by atoms with Crippen LogP contribution in [-0.2, 0) is 30.1 Å². The van der Waals surface area contributed by atoms with Crippen molar-refractivity contribution < 1.29 is 23.6 Å². The molecule has 0 aromatic heterocycles. The minimum Gasteiger partial charge on any atom is -0.399 e. The van der Waals surface area contributed by atoms with E-state index in [9.17, 15) is 9.59 Å². The molecule has 2 aliphatic rings. The Morgan fingerprint density at radius 1 is 1.06 bits per heavy atom. The molecule has 1 atom stereocenters. The number of carbonyl (C=O) groups is 2. The number of nitrogens with one attached hydrogen (secondary N) is 2. The van der Waals surface area contributed by atoms with Crippen LogP contribution in [0.4, 0.5) is 0 Å². The van der Waals surface area contributed by atoms with Crippen molar-refractivity contribution in [2.45, 2.75) is 69.7 Å². The average Bonchev–Trinajstić information content (AvgIpc) is 2.95. The van der Waals surface area contributed by atoms with E-state index in [1.165, 1.54) is 0 Å². The van der Waals surface area contributed by atoms with Gasteiger partial charge in [0, 0.05) is 19.6 Å². The van der Waals surface area contributed by atoms with E-state index in [-0.39, 0.29) is 5.91 Å². The molecule has 0 bridgehead atoms. The van der Waals surface area contributed by atoms with Crippen LogP contribution in [0.1, 0.15) is 46.1 Å². The molecule has 0 radical (unpaired) electrons. The molecule has 2 heterocycles. The Hall–Kier alpha value is -1.94.